The van der Waals surface area contributed by atoms with Crippen LogP contribution in [0.5, 0.6) is 0 Å². The lowest BCUT2D eigenvalue weighted by molar-refractivity contribution is -0.196. The Labute approximate surface area is 148 Å². The summed E-state index contributed by atoms with van der Waals surface area (Å²) in [5.74, 6) is -8.31. The van der Waals surface area contributed by atoms with Crippen LogP contribution >= 0.6 is 0 Å². The van der Waals surface area contributed by atoms with Crippen molar-refractivity contribution in [2.45, 2.75) is 48.8 Å². The predicted octanol–water partition coefficient (Wildman–Crippen LogP) is -6.32. The molecule has 15 nitrogen and oxygen atoms in total. The van der Waals surface area contributed by atoms with Crippen LogP contribution in [0.1, 0.15) is 0 Å². The molecule has 27 heavy (non-hydrogen) atoms. The van der Waals surface area contributed by atoms with Crippen LogP contribution in [-0.4, -0.2) is 124 Å². The molecule has 0 rings (SSSR count). The molecule has 0 fully saturated rings. The van der Waals surface area contributed by atoms with Crippen LogP contribution in [0, 0.1) is 0 Å². The van der Waals surface area contributed by atoms with Crippen molar-refractivity contribution in [3.05, 3.63) is 0 Å². The second kappa shape index (κ2) is 10.1. The second-order valence-corrected chi connectivity index (χ2v) is 5.17. The van der Waals surface area contributed by atoms with Gasteiger partial charge in [-0.25, -0.2) is 19.2 Å². The third kappa shape index (κ3) is 6.36. The maximum absolute atomic E-state index is 11.6. The third-order valence-electron chi connectivity index (χ3n) is 3.21. The van der Waals surface area contributed by atoms with Gasteiger partial charge in [-0.3, -0.25) is 0 Å². The summed E-state index contributed by atoms with van der Waals surface area (Å²) in [7, 11) is 0. The highest BCUT2D eigenvalue weighted by molar-refractivity contribution is 5.81. The number of aliphatic hydroxyl groups is 7. The number of ether oxygens (including phenoxy) is 1. The monoisotopic (exact) mass is 402 g/mol. The van der Waals surface area contributed by atoms with Crippen LogP contribution in [0.3, 0.4) is 0 Å². The predicted molar refractivity (Wildman–Crippen MR) is 74.8 cm³/mol. The van der Waals surface area contributed by atoms with Crippen LogP contribution in [0.2, 0.25) is 0 Å². The molecule has 0 aliphatic carbocycles. The fourth-order valence-corrected chi connectivity index (χ4v) is 1.63. The summed E-state index contributed by atoms with van der Waals surface area (Å²) >= 11 is 0. The first kappa shape index (κ1) is 24.6. The van der Waals surface area contributed by atoms with Gasteiger partial charge in [0.1, 0.15) is 24.4 Å². The number of esters is 1. The maximum atomic E-state index is 11.6. The number of carbonyl (C=O) groups is 4. The van der Waals surface area contributed by atoms with E-state index in [0.29, 0.717) is 0 Å². The average Bonchev–Trinajstić information content (AvgIpc) is 2.60. The number of carbonyl (C=O) groups excluding carboxylic acids is 1. The normalized spacial score (nSPS) is 20.3. The van der Waals surface area contributed by atoms with Gasteiger partial charge in [0, 0.05) is 0 Å². The zero-order valence-corrected chi connectivity index (χ0v) is 13.1. The molecule has 0 aliphatic heterocycles. The minimum Gasteiger partial charge on any atom is -0.479 e. The summed E-state index contributed by atoms with van der Waals surface area (Å²) in [5, 5.41) is 91.0. The first-order valence-corrected chi connectivity index (χ1v) is 6.89. The number of hydrogen-bond donors (Lipinski definition) is 10. The lowest BCUT2D eigenvalue weighted by Gasteiger charge is -2.27. The fourth-order valence-electron chi connectivity index (χ4n) is 1.63. The Morgan fingerprint density at radius 1 is 0.519 bits per heavy atom. The Kier molecular flexibility index (Phi) is 9.17. The number of aliphatic carboxylic acids is 3. The van der Waals surface area contributed by atoms with Gasteiger partial charge >= 0.3 is 23.9 Å². The largest absolute Gasteiger partial charge is 0.479 e. The molecule has 0 aromatic heterocycles. The number of hydrogen-bond acceptors (Lipinski definition) is 12. The Balaban J connectivity index is 5.25. The van der Waals surface area contributed by atoms with Crippen molar-refractivity contribution >= 4 is 23.9 Å². The Hall–Kier alpha value is -2.40. The summed E-state index contributed by atoms with van der Waals surface area (Å²) in [6.07, 6.45) is -21.5. The second-order valence-electron chi connectivity index (χ2n) is 5.17. The molecule has 15 heteroatoms. The molecule has 0 bridgehead atoms. The molecule has 0 aromatic rings. The van der Waals surface area contributed by atoms with Crippen molar-refractivity contribution in [3.63, 3.8) is 0 Å². The van der Waals surface area contributed by atoms with E-state index in [1.165, 1.54) is 0 Å². The molecule has 0 unspecified atom stereocenters. The average molecular weight is 402 g/mol. The minimum absolute atomic E-state index is 2.04. The Morgan fingerprint density at radius 3 is 1.19 bits per heavy atom. The Bertz CT molecular complexity index is 561. The van der Waals surface area contributed by atoms with E-state index < -0.39 is 72.7 Å². The quantitative estimate of drug-likeness (QED) is 0.144. The molecular formula is C12H18O15. The Morgan fingerprint density at radius 2 is 0.852 bits per heavy atom. The molecule has 0 radical (unpaired) electrons. The topological polar surface area (TPSA) is 280 Å². The molecule has 0 aliphatic rings. The minimum atomic E-state index is -2.82. The van der Waals surface area contributed by atoms with Crippen LogP contribution in [-0.2, 0) is 23.9 Å². The molecule has 0 saturated heterocycles. The fraction of sp³-hybridized carbons (Fsp3) is 0.667. The molecule has 10 N–H and O–H groups in total. The van der Waals surface area contributed by atoms with E-state index in [0.717, 1.165) is 0 Å². The van der Waals surface area contributed by atoms with E-state index in [2.05, 4.69) is 4.74 Å². The van der Waals surface area contributed by atoms with E-state index in [1.807, 2.05) is 0 Å². The highest BCUT2D eigenvalue weighted by Crippen LogP contribution is 2.13. The van der Waals surface area contributed by atoms with Gasteiger partial charge < -0.3 is 55.8 Å². The lowest BCUT2D eigenvalue weighted by atomic mass is 10.0. The summed E-state index contributed by atoms with van der Waals surface area (Å²) in [6.45, 7) is 0. The summed E-state index contributed by atoms with van der Waals surface area (Å²) in [4.78, 5) is 43.6. The summed E-state index contributed by atoms with van der Waals surface area (Å²) < 4.78 is 4.10. The molecule has 0 saturated carbocycles. The first-order valence-electron chi connectivity index (χ1n) is 6.89. The molecule has 0 heterocycles. The standard InChI is InChI=1S/C12H18O15/c13-1(5(17)9(20)21)2(14)7(19)12(26)27-8(11(24)25)4(16)3(15)6(18)10(22)23/h1-8,13-19H,(H,20,21)(H,22,23)(H,24,25)/t1-,2+,3-,4+,5+,6+,7-,8-/m1/s1. The molecule has 8 atom stereocenters. The maximum Gasteiger partial charge on any atom is 0.347 e. The van der Waals surface area contributed by atoms with Gasteiger partial charge in [0.25, 0.3) is 0 Å². The van der Waals surface area contributed by atoms with Gasteiger partial charge in [-0.15, -0.1) is 0 Å². The molecule has 156 valence electrons. The number of carboxylic acids is 3. The van der Waals surface area contributed by atoms with E-state index in [-0.39, 0.29) is 0 Å². The van der Waals surface area contributed by atoms with E-state index in [9.17, 15) is 44.7 Å². The van der Waals surface area contributed by atoms with Crippen LogP contribution in [0.4, 0.5) is 0 Å². The van der Waals surface area contributed by atoms with Gasteiger partial charge in [0.05, 0.1) is 0 Å². The van der Waals surface area contributed by atoms with Crippen molar-refractivity contribution in [3.8, 4) is 0 Å². The third-order valence-corrected chi connectivity index (χ3v) is 3.21. The van der Waals surface area contributed by atoms with Crippen molar-refractivity contribution < 1.29 is 75.0 Å². The van der Waals surface area contributed by atoms with E-state index >= 15 is 0 Å². The number of rotatable bonds is 11. The van der Waals surface area contributed by atoms with Gasteiger partial charge in [-0.2, -0.15) is 0 Å². The van der Waals surface area contributed by atoms with Crippen molar-refractivity contribution in [1.82, 2.24) is 0 Å². The lowest BCUT2D eigenvalue weighted by Crippen LogP contribution is -2.54. The molecule has 0 aromatic carbocycles. The zero-order valence-electron chi connectivity index (χ0n) is 13.1. The highest BCUT2D eigenvalue weighted by atomic mass is 16.6. The smallest absolute Gasteiger partial charge is 0.347 e. The number of aliphatic hydroxyl groups excluding tert-OH is 7. The van der Waals surface area contributed by atoms with Crippen molar-refractivity contribution in [1.29, 1.82) is 0 Å². The molecule has 0 spiro atoms. The first-order chi connectivity index (χ1) is 12.2. The molecule has 0 amide bonds. The van der Waals surface area contributed by atoms with Crippen molar-refractivity contribution in [2.24, 2.45) is 0 Å². The van der Waals surface area contributed by atoms with Gasteiger partial charge in [0.2, 0.25) is 6.10 Å². The SMILES string of the molecule is O=C(O)[C@@H](O)[C@H](O)[C@H](O)[C@@H](O)C(=O)O[C@@H](C(=O)O)[C@@H](O)[C@@H](O)[C@H](O)C(=O)O. The van der Waals surface area contributed by atoms with Gasteiger partial charge in [-0.05, 0) is 0 Å². The van der Waals surface area contributed by atoms with Gasteiger partial charge in [-0.1, -0.05) is 0 Å². The van der Waals surface area contributed by atoms with Crippen LogP contribution in [0.15, 0.2) is 0 Å². The summed E-state index contributed by atoms with van der Waals surface area (Å²) in [6, 6.07) is 0. The zero-order chi connectivity index (χ0) is 21.6. The van der Waals surface area contributed by atoms with Gasteiger partial charge in [0.15, 0.2) is 18.3 Å². The number of carboxylic acid groups (broad SMARTS) is 3. The van der Waals surface area contributed by atoms with Crippen LogP contribution < -0.4 is 0 Å². The van der Waals surface area contributed by atoms with E-state index in [1.54, 1.807) is 0 Å². The highest BCUT2D eigenvalue weighted by Gasteiger charge is 2.44. The molecular weight excluding hydrogens is 384 g/mol. The van der Waals surface area contributed by atoms with E-state index in [4.69, 9.17) is 25.5 Å². The van der Waals surface area contributed by atoms with Crippen LogP contribution in [0.25, 0.3) is 0 Å². The summed E-state index contributed by atoms with van der Waals surface area (Å²) in [5.41, 5.74) is 0. The van der Waals surface area contributed by atoms with Crippen molar-refractivity contribution in [2.75, 3.05) is 0 Å².